The maximum atomic E-state index is 3.46. The van der Waals surface area contributed by atoms with Crippen molar-refractivity contribution in [1.29, 1.82) is 0 Å². The zero-order valence-electron chi connectivity index (χ0n) is 6.36. The fourth-order valence-electron chi connectivity index (χ4n) is 1.97. The van der Waals surface area contributed by atoms with Crippen LogP contribution in [0.2, 0.25) is 0 Å². The standard InChI is InChI=1S/C8H15NS/c1-2-6-10-8(3-1)4-5-9-7-8/h9H,1-7H2. The lowest BCUT2D eigenvalue weighted by molar-refractivity contribution is 0.534. The molecule has 0 aromatic rings. The molecule has 1 nitrogen and oxygen atoms in total. The van der Waals surface area contributed by atoms with Gasteiger partial charge >= 0.3 is 0 Å². The molecule has 2 saturated heterocycles. The molecule has 2 rings (SSSR count). The van der Waals surface area contributed by atoms with Crippen LogP contribution < -0.4 is 5.32 Å². The van der Waals surface area contributed by atoms with Gasteiger partial charge in [-0.05, 0) is 31.6 Å². The van der Waals surface area contributed by atoms with Gasteiger partial charge in [0.25, 0.3) is 0 Å². The lowest BCUT2D eigenvalue weighted by atomic mass is 10.00. The van der Waals surface area contributed by atoms with Crippen LogP contribution in [0.15, 0.2) is 0 Å². The highest BCUT2D eigenvalue weighted by atomic mass is 32.2. The monoisotopic (exact) mass is 157 g/mol. The van der Waals surface area contributed by atoms with Gasteiger partial charge in [0.1, 0.15) is 0 Å². The molecule has 58 valence electrons. The molecule has 0 radical (unpaired) electrons. The minimum absolute atomic E-state index is 0.679. The summed E-state index contributed by atoms with van der Waals surface area (Å²) in [5.41, 5.74) is 0. The zero-order chi connectivity index (χ0) is 6.86. The van der Waals surface area contributed by atoms with Crippen molar-refractivity contribution in [3.05, 3.63) is 0 Å². The Labute approximate surface area is 67.0 Å². The summed E-state index contributed by atoms with van der Waals surface area (Å²) < 4.78 is 0.679. The highest BCUT2D eigenvalue weighted by molar-refractivity contribution is 8.00. The summed E-state index contributed by atoms with van der Waals surface area (Å²) in [5, 5.41) is 3.46. The molecule has 2 aliphatic rings. The number of rotatable bonds is 0. The Morgan fingerprint density at radius 1 is 1.20 bits per heavy atom. The van der Waals surface area contributed by atoms with Crippen LogP contribution in [-0.2, 0) is 0 Å². The van der Waals surface area contributed by atoms with Gasteiger partial charge in [-0.3, -0.25) is 0 Å². The maximum Gasteiger partial charge on any atom is 0.0296 e. The molecular weight excluding hydrogens is 142 g/mol. The summed E-state index contributed by atoms with van der Waals surface area (Å²) in [4.78, 5) is 0. The molecule has 1 atom stereocenters. The maximum absolute atomic E-state index is 3.46. The van der Waals surface area contributed by atoms with Crippen molar-refractivity contribution in [2.24, 2.45) is 0 Å². The van der Waals surface area contributed by atoms with Crippen molar-refractivity contribution < 1.29 is 0 Å². The van der Waals surface area contributed by atoms with Crippen molar-refractivity contribution >= 4 is 11.8 Å². The van der Waals surface area contributed by atoms with Crippen molar-refractivity contribution in [1.82, 2.24) is 5.32 Å². The van der Waals surface area contributed by atoms with E-state index in [1.54, 1.807) is 0 Å². The molecule has 2 fully saturated rings. The molecule has 0 aliphatic carbocycles. The van der Waals surface area contributed by atoms with E-state index in [1.165, 1.54) is 44.5 Å². The predicted molar refractivity (Wildman–Crippen MR) is 46.5 cm³/mol. The predicted octanol–water partition coefficient (Wildman–Crippen LogP) is 1.64. The third kappa shape index (κ3) is 1.19. The van der Waals surface area contributed by atoms with Crippen LogP contribution in [0.25, 0.3) is 0 Å². The second-order valence-corrected chi connectivity index (χ2v) is 4.98. The van der Waals surface area contributed by atoms with E-state index in [9.17, 15) is 0 Å². The van der Waals surface area contributed by atoms with Crippen LogP contribution in [0, 0.1) is 0 Å². The van der Waals surface area contributed by atoms with Gasteiger partial charge in [0.05, 0.1) is 0 Å². The highest BCUT2D eigenvalue weighted by Gasteiger charge is 2.35. The Bertz CT molecular complexity index is 110. The second kappa shape index (κ2) is 2.74. The van der Waals surface area contributed by atoms with Gasteiger partial charge in [-0.1, -0.05) is 6.42 Å². The first-order valence-electron chi connectivity index (χ1n) is 4.26. The second-order valence-electron chi connectivity index (χ2n) is 3.42. The van der Waals surface area contributed by atoms with Crippen molar-refractivity contribution in [2.45, 2.75) is 30.4 Å². The molecule has 10 heavy (non-hydrogen) atoms. The van der Waals surface area contributed by atoms with E-state index in [0.717, 1.165) is 0 Å². The highest BCUT2D eigenvalue weighted by Crippen LogP contribution is 2.40. The van der Waals surface area contributed by atoms with Gasteiger partial charge in [0.15, 0.2) is 0 Å². The summed E-state index contributed by atoms with van der Waals surface area (Å²) >= 11 is 2.21. The van der Waals surface area contributed by atoms with Crippen LogP contribution in [0.3, 0.4) is 0 Å². The Hall–Kier alpha value is 0.310. The average Bonchev–Trinajstić information content (AvgIpc) is 2.39. The molecule has 2 aliphatic heterocycles. The smallest absolute Gasteiger partial charge is 0.0296 e. The molecule has 2 heteroatoms. The van der Waals surface area contributed by atoms with Gasteiger partial charge in [-0.2, -0.15) is 11.8 Å². The van der Waals surface area contributed by atoms with Crippen LogP contribution in [0.5, 0.6) is 0 Å². The summed E-state index contributed by atoms with van der Waals surface area (Å²) in [6.45, 7) is 2.53. The van der Waals surface area contributed by atoms with Crippen molar-refractivity contribution in [3.8, 4) is 0 Å². The molecular formula is C8H15NS. The first-order chi connectivity index (χ1) is 4.91. The fraction of sp³-hybridized carbons (Fsp3) is 1.00. The summed E-state index contributed by atoms with van der Waals surface area (Å²) in [5.74, 6) is 1.40. The minimum atomic E-state index is 0.679. The minimum Gasteiger partial charge on any atom is -0.315 e. The summed E-state index contributed by atoms with van der Waals surface area (Å²) in [6.07, 6.45) is 5.80. The van der Waals surface area contributed by atoms with E-state index < -0.39 is 0 Å². The Kier molecular flexibility index (Phi) is 1.92. The SMILES string of the molecule is C1CCC2(CCNC2)SC1. The first-order valence-corrected chi connectivity index (χ1v) is 5.25. The molecule has 0 aromatic heterocycles. The van der Waals surface area contributed by atoms with E-state index >= 15 is 0 Å². The first kappa shape index (κ1) is 6.99. The number of hydrogen-bond acceptors (Lipinski definition) is 2. The third-order valence-electron chi connectivity index (χ3n) is 2.64. The molecule has 1 spiro atoms. The molecule has 0 bridgehead atoms. The van der Waals surface area contributed by atoms with E-state index in [4.69, 9.17) is 0 Å². The van der Waals surface area contributed by atoms with Gasteiger partial charge in [-0.25, -0.2) is 0 Å². The van der Waals surface area contributed by atoms with Crippen LogP contribution in [-0.4, -0.2) is 23.6 Å². The van der Waals surface area contributed by atoms with Crippen molar-refractivity contribution in [2.75, 3.05) is 18.8 Å². The molecule has 1 N–H and O–H groups in total. The third-order valence-corrected chi connectivity index (χ3v) is 4.30. The van der Waals surface area contributed by atoms with Gasteiger partial charge < -0.3 is 5.32 Å². The average molecular weight is 157 g/mol. The van der Waals surface area contributed by atoms with E-state index in [2.05, 4.69) is 17.1 Å². The summed E-state index contributed by atoms with van der Waals surface area (Å²) in [7, 11) is 0. The fourth-order valence-corrected chi connectivity index (χ4v) is 3.49. The van der Waals surface area contributed by atoms with Crippen LogP contribution in [0.4, 0.5) is 0 Å². The Morgan fingerprint density at radius 2 is 2.20 bits per heavy atom. The zero-order valence-corrected chi connectivity index (χ0v) is 7.17. The van der Waals surface area contributed by atoms with Gasteiger partial charge in [-0.15, -0.1) is 0 Å². The lowest BCUT2D eigenvalue weighted by Gasteiger charge is -2.31. The molecule has 2 heterocycles. The van der Waals surface area contributed by atoms with E-state index in [1.807, 2.05) is 0 Å². The molecule has 0 aromatic carbocycles. The van der Waals surface area contributed by atoms with Crippen molar-refractivity contribution in [3.63, 3.8) is 0 Å². The van der Waals surface area contributed by atoms with Gasteiger partial charge in [0.2, 0.25) is 0 Å². The lowest BCUT2D eigenvalue weighted by Crippen LogP contribution is -2.30. The number of nitrogens with one attached hydrogen (secondary N) is 1. The largest absolute Gasteiger partial charge is 0.315 e. The van der Waals surface area contributed by atoms with E-state index in [0.29, 0.717) is 4.75 Å². The van der Waals surface area contributed by atoms with Crippen LogP contribution >= 0.6 is 11.8 Å². The van der Waals surface area contributed by atoms with Crippen LogP contribution in [0.1, 0.15) is 25.7 Å². The normalized spacial score (nSPS) is 40.8. The Balaban J connectivity index is 1.98. The Morgan fingerprint density at radius 3 is 2.80 bits per heavy atom. The molecule has 1 unspecified atom stereocenters. The molecule has 0 amide bonds. The van der Waals surface area contributed by atoms with E-state index in [-0.39, 0.29) is 0 Å². The topological polar surface area (TPSA) is 12.0 Å². The summed E-state index contributed by atoms with van der Waals surface area (Å²) in [6, 6.07) is 0. The quantitative estimate of drug-likeness (QED) is 0.573. The number of hydrogen-bond donors (Lipinski definition) is 1. The number of thioether (sulfide) groups is 1. The molecule has 0 saturated carbocycles. The van der Waals surface area contributed by atoms with Gasteiger partial charge in [0, 0.05) is 11.3 Å².